The Hall–Kier alpha value is -1.26. The summed E-state index contributed by atoms with van der Waals surface area (Å²) in [7, 11) is 0. The summed E-state index contributed by atoms with van der Waals surface area (Å²) >= 11 is 5.86. The standard InChI is InChI=1S/C13H13NOS2/c1-9(12-6-3-7-17-12)14-13(15)10-4-2-5-11(16)8-10/h2-9,16H,1H3,(H,14,15). The van der Waals surface area contributed by atoms with E-state index in [1.807, 2.05) is 36.6 Å². The lowest BCUT2D eigenvalue weighted by atomic mass is 10.2. The minimum Gasteiger partial charge on any atom is -0.345 e. The van der Waals surface area contributed by atoms with Crippen LogP contribution in [-0.2, 0) is 0 Å². The number of rotatable bonds is 3. The number of amides is 1. The molecule has 0 bridgehead atoms. The molecule has 17 heavy (non-hydrogen) atoms. The van der Waals surface area contributed by atoms with E-state index >= 15 is 0 Å². The molecule has 0 saturated carbocycles. The van der Waals surface area contributed by atoms with E-state index in [4.69, 9.17) is 0 Å². The van der Waals surface area contributed by atoms with Crippen LogP contribution in [0.3, 0.4) is 0 Å². The molecule has 0 saturated heterocycles. The number of thiol groups is 1. The first-order valence-electron chi connectivity index (χ1n) is 5.30. The number of hydrogen-bond acceptors (Lipinski definition) is 3. The number of nitrogens with one attached hydrogen (secondary N) is 1. The van der Waals surface area contributed by atoms with Crippen LogP contribution in [0, 0.1) is 0 Å². The minimum atomic E-state index is -0.0678. The lowest BCUT2D eigenvalue weighted by molar-refractivity contribution is 0.0940. The third-order valence-corrected chi connectivity index (χ3v) is 3.76. The molecule has 1 atom stereocenters. The van der Waals surface area contributed by atoms with Crippen LogP contribution in [0.4, 0.5) is 0 Å². The normalized spacial score (nSPS) is 12.1. The number of thiophene rings is 1. The van der Waals surface area contributed by atoms with Crippen molar-refractivity contribution in [1.29, 1.82) is 0 Å². The van der Waals surface area contributed by atoms with Gasteiger partial charge in [-0.2, -0.15) is 0 Å². The quantitative estimate of drug-likeness (QED) is 0.815. The summed E-state index contributed by atoms with van der Waals surface area (Å²) in [5.74, 6) is -0.0678. The van der Waals surface area contributed by atoms with Gasteiger partial charge in [-0.05, 0) is 36.6 Å². The van der Waals surface area contributed by atoms with Crippen LogP contribution in [0.5, 0.6) is 0 Å². The van der Waals surface area contributed by atoms with Crippen molar-refractivity contribution in [1.82, 2.24) is 5.32 Å². The summed E-state index contributed by atoms with van der Waals surface area (Å²) in [4.78, 5) is 13.9. The number of benzene rings is 1. The van der Waals surface area contributed by atoms with Gasteiger partial charge in [0.05, 0.1) is 6.04 Å². The fourth-order valence-electron chi connectivity index (χ4n) is 1.54. The molecule has 1 heterocycles. The molecule has 0 radical (unpaired) electrons. The monoisotopic (exact) mass is 263 g/mol. The first kappa shape index (κ1) is 12.2. The van der Waals surface area contributed by atoms with Gasteiger partial charge in [-0.15, -0.1) is 24.0 Å². The van der Waals surface area contributed by atoms with Crippen molar-refractivity contribution >= 4 is 29.9 Å². The topological polar surface area (TPSA) is 29.1 Å². The van der Waals surface area contributed by atoms with Crippen LogP contribution in [0.1, 0.15) is 28.2 Å². The Balaban J connectivity index is 2.07. The van der Waals surface area contributed by atoms with Crippen molar-refractivity contribution in [2.24, 2.45) is 0 Å². The Morgan fingerprint density at radius 3 is 2.82 bits per heavy atom. The first-order chi connectivity index (χ1) is 8.16. The van der Waals surface area contributed by atoms with Crippen LogP contribution in [0.15, 0.2) is 46.7 Å². The Morgan fingerprint density at radius 1 is 1.35 bits per heavy atom. The second kappa shape index (κ2) is 5.38. The maximum Gasteiger partial charge on any atom is 0.251 e. The average Bonchev–Trinajstić information content (AvgIpc) is 2.82. The van der Waals surface area contributed by atoms with Crippen LogP contribution in [0.2, 0.25) is 0 Å². The summed E-state index contributed by atoms with van der Waals surface area (Å²) in [5.41, 5.74) is 0.640. The van der Waals surface area contributed by atoms with E-state index in [1.165, 1.54) is 0 Å². The van der Waals surface area contributed by atoms with Crippen LogP contribution >= 0.6 is 24.0 Å². The van der Waals surface area contributed by atoms with Crippen molar-refractivity contribution in [2.45, 2.75) is 17.9 Å². The summed E-state index contributed by atoms with van der Waals surface area (Å²) in [6.07, 6.45) is 0. The fraction of sp³-hybridized carbons (Fsp3) is 0.154. The predicted octanol–water partition coefficient (Wildman–Crippen LogP) is 3.53. The summed E-state index contributed by atoms with van der Waals surface area (Å²) in [6.45, 7) is 1.98. The lowest BCUT2D eigenvalue weighted by Crippen LogP contribution is -2.26. The second-order valence-corrected chi connectivity index (χ2v) is 5.26. The van der Waals surface area contributed by atoms with E-state index in [-0.39, 0.29) is 11.9 Å². The van der Waals surface area contributed by atoms with E-state index in [2.05, 4.69) is 17.9 Å². The zero-order valence-electron chi connectivity index (χ0n) is 9.38. The van der Waals surface area contributed by atoms with Crippen LogP contribution in [0.25, 0.3) is 0 Å². The van der Waals surface area contributed by atoms with E-state index < -0.39 is 0 Å². The van der Waals surface area contributed by atoms with Gasteiger partial charge in [0.25, 0.3) is 5.91 Å². The predicted molar refractivity (Wildman–Crippen MR) is 73.9 cm³/mol. The highest BCUT2D eigenvalue weighted by molar-refractivity contribution is 7.80. The van der Waals surface area contributed by atoms with Crippen molar-refractivity contribution < 1.29 is 4.79 Å². The maximum absolute atomic E-state index is 12.0. The van der Waals surface area contributed by atoms with E-state index in [1.54, 1.807) is 23.5 Å². The van der Waals surface area contributed by atoms with Gasteiger partial charge in [-0.3, -0.25) is 4.79 Å². The zero-order valence-corrected chi connectivity index (χ0v) is 11.1. The third-order valence-electron chi connectivity index (χ3n) is 2.43. The molecule has 0 spiro atoms. The van der Waals surface area contributed by atoms with E-state index in [0.29, 0.717) is 5.56 Å². The largest absolute Gasteiger partial charge is 0.345 e. The fourth-order valence-corrected chi connectivity index (χ4v) is 2.50. The molecule has 2 nitrogen and oxygen atoms in total. The molecule has 0 aliphatic rings. The highest BCUT2D eigenvalue weighted by atomic mass is 32.1. The van der Waals surface area contributed by atoms with Crippen molar-refractivity contribution in [2.75, 3.05) is 0 Å². The second-order valence-electron chi connectivity index (χ2n) is 3.76. The molecule has 88 valence electrons. The number of carbonyl (C=O) groups is 1. The molecule has 1 unspecified atom stereocenters. The molecule has 2 rings (SSSR count). The van der Waals surface area contributed by atoms with Gasteiger partial charge in [0.1, 0.15) is 0 Å². The van der Waals surface area contributed by atoms with E-state index in [9.17, 15) is 4.79 Å². The highest BCUT2D eigenvalue weighted by Gasteiger charge is 2.11. The summed E-state index contributed by atoms with van der Waals surface area (Å²) < 4.78 is 0. The van der Waals surface area contributed by atoms with Crippen molar-refractivity contribution in [3.63, 3.8) is 0 Å². The van der Waals surface area contributed by atoms with Crippen LogP contribution < -0.4 is 5.32 Å². The highest BCUT2D eigenvalue weighted by Crippen LogP contribution is 2.19. The SMILES string of the molecule is CC(NC(=O)c1cccc(S)c1)c1cccs1. The smallest absolute Gasteiger partial charge is 0.251 e. The van der Waals surface area contributed by atoms with Gasteiger partial charge >= 0.3 is 0 Å². The van der Waals surface area contributed by atoms with Gasteiger partial charge in [0.15, 0.2) is 0 Å². The molecule has 1 amide bonds. The number of carbonyl (C=O) groups excluding carboxylic acids is 1. The molecule has 0 aliphatic heterocycles. The molecular weight excluding hydrogens is 250 g/mol. The van der Waals surface area contributed by atoms with Crippen molar-refractivity contribution in [3.05, 3.63) is 52.2 Å². The molecule has 0 aliphatic carbocycles. The van der Waals surface area contributed by atoms with Gasteiger partial charge in [0, 0.05) is 15.3 Å². The Morgan fingerprint density at radius 2 is 2.18 bits per heavy atom. The van der Waals surface area contributed by atoms with Gasteiger partial charge in [0.2, 0.25) is 0 Å². The molecule has 2 aromatic rings. The van der Waals surface area contributed by atoms with Gasteiger partial charge in [-0.1, -0.05) is 12.1 Å². The first-order valence-corrected chi connectivity index (χ1v) is 6.63. The molecule has 1 aromatic heterocycles. The Bertz CT molecular complexity index is 508. The van der Waals surface area contributed by atoms with E-state index in [0.717, 1.165) is 9.77 Å². The zero-order chi connectivity index (χ0) is 12.3. The molecule has 1 aromatic carbocycles. The Kier molecular flexibility index (Phi) is 3.86. The molecule has 4 heteroatoms. The molecular formula is C13H13NOS2. The maximum atomic E-state index is 12.0. The number of hydrogen-bond donors (Lipinski definition) is 2. The summed E-state index contributed by atoms with van der Waals surface area (Å²) in [6, 6.07) is 11.3. The molecule has 0 fully saturated rings. The van der Waals surface area contributed by atoms with Crippen molar-refractivity contribution in [3.8, 4) is 0 Å². The third kappa shape index (κ3) is 3.11. The van der Waals surface area contributed by atoms with Gasteiger partial charge < -0.3 is 5.32 Å². The molecule has 1 N–H and O–H groups in total. The summed E-state index contributed by atoms with van der Waals surface area (Å²) in [5, 5.41) is 4.97. The minimum absolute atomic E-state index is 0.0334. The van der Waals surface area contributed by atoms with Gasteiger partial charge in [-0.25, -0.2) is 0 Å². The lowest BCUT2D eigenvalue weighted by Gasteiger charge is -2.12. The average molecular weight is 263 g/mol. The van der Waals surface area contributed by atoms with Crippen LogP contribution in [-0.4, -0.2) is 5.91 Å². The Labute approximate surface area is 110 Å².